The molecule has 2 rings (SSSR count). The molecule has 2 N–H and O–H groups in total. The number of rotatable bonds is 6. The van der Waals surface area contributed by atoms with Crippen molar-refractivity contribution in [3.8, 4) is 12.5 Å². The van der Waals surface area contributed by atoms with Gasteiger partial charge in [-0.2, -0.15) is 0 Å². The second-order valence-electron chi connectivity index (χ2n) is 8.88. The number of aryl methyl sites for hydroxylation is 3. The number of benzene rings is 2. The number of carbonyl (C=O) groups excluding carboxylic acids is 3. The zero-order valence-corrected chi connectivity index (χ0v) is 20.0. The average molecular weight is 450 g/mol. The quantitative estimate of drug-likeness (QED) is 0.510. The van der Waals surface area contributed by atoms with Crippen LogP contribution in [0.15, 0.2) is 42.5 Å². The summed E-state index contributed by atoms with van der Waals surface area (Å²) >= 11 is 0. The summed E-state index contributed by atoms with van der Waals surface area (Å²) in [5, 5.41) is 5.27. The topological polar surface area (TPSA) is 87.7 Å². The molecule has 33 heavy (non-hydrogen) atoms. The van der Waals surface area contributed by atoms with E-state index in [0.29, 0.717) is 11.3 Å². The van der Waals surface area contributed by atoms with Gasteiger partial charge in [0.05, 0.1) is 0 Å². The van der Waals surface area contributed by atoms with Gasteiger partial charge >= 0.3 is 6.09 Å². The summed E-state index contributed by atoms with van der Waals surface area (Å²) in [4.78, 5) is 39.4. The summed E-state index contributed by atoms with van der Waals surface area (Å²) in [7, 11) is 0. The van der Waals surface area contributed by atoms with Gasteiger partial charge in [0.2, 0.25) is 0 Å². The smallest absolute Gasteiger partial charge is 0.408 e. The lowest BCUT2D eigenvalue weighted by atomic mass is 9.99. The van der Waals surface area contributed by atoms with Crippen LogP contribution in [0.1, 0.15) is 49.1 Å². The third-order valence-electron chi connectivity index (χ3n) is 4.66. The Hall–Kier alpha value is -3.79. The van der Waals surface area contributed by atoms with Crippen molar-refractivity contribution in [1.82, 2.24) is 10.2 Å². The Kier molecular flexibility index (Phi) is 8.25. The van der Waals surface area contributed by atoms with Crippen LogP contribution in [-0.4, -0.2) is 35.0 Å². The first-order valence-electron chi connectivity index (χ1n) is 10.6. The summed E-state index contributed by atoms with van der Waals surface area (Å²) in [6, 6.07) is 14.1. The third-order valence-corrected chi connectivity index (χ3v) is 4.66. The van der Waals surface area contributed by atoms with Crippen LogP contribution in [0.4, 0.5) is 10.5 Å². The number of carbonyl (C=O) groups is 3. The van der Waals surface area contributed by atoms with Gasteiger partial charge in [-0.15, -0.1) is 0 Å². The number of hydrogen-bond donors (Lipinski definition) is 2. The SMILES string of the molecule is C#CN(C(=O)CNC(=O)OC(C)(C)C)C(C(=O)Nc1ccccc1C)c1cc(C)cc(C)c1. The van der Waals surface area contributed by atoms with Gasteiger partial charge in [-0.1, -0.05) is 53.9 Å². The molecule has 0 heterocycles. The van der Waals surface area contributed by atoms with Crippen molar-refractivity contribution in [2.24, 2.45) is 0 Å². The second kappa shape index (κ2) is 10.7. The van der Waals surface area contributed by atoms with E-state index in [1.807, 2.05) is 57.2 Å². The first-order chi connectivity index (χ1) is 15.4. The molecule has 2 aromatic carbocycles. The molecule has 1 unspecified atom stereocenters. The van der Waals surface area contributed by atoms with Crippen molar-refractivity contribution in [3.63, 3.8) is 0 Å². The lowest BCUT2D eigenvalue weighted by Gasteiger charge is -2.27. The van der Waals surface area contributed by atoms with Gasteiger partial charge in [0, 0.05) is 11.7 Å². The third kappa shape index (κ3) is 7.39. The van der Waals surface area contributed by atoms with Crippen LogP contribution >= 0.6 is 0 Å². The standard InChI is InChI=1S/C26H31N3O4/c1-8-29(22(30)16-27-25(32)33-26(5,6)7)23(20-14-17(2)13-18(3)15-20)24(31)28-21-12-10-9-11-19(21)4/h1,9-15,23H,16H2,2-7H3,(H,27,32)(H,28,31). The van der Waals surface area contributed by atoms with Gasteiger partial charge in [0.1, 0.15) is 18.2 Å². The Morgan fingerprint density at radius 1 is 1.06 bits per heavy atom. The largest absolute Gasteiger partial charge is 0.444 e. The Balaban J connectivity index is 2.35. The van der Waals surface area contributed by atoms with Crippen molar-refractivity contribution in [1.29, 1.82) is 0 Å². The molecule has 3 amide bonds. The van der Waals surface area contributed by atoms with E-state index >= 15 is 0 Å². The summed E-state index contributed by atoms with van der Waals surface area (Å²) in [6.45, 7) is 10.4. The number of nitrogens with one attached hydrogen (secondary N) is 2. The van der Waals surface area contributed by atoms with E-state index < -0.39 is 36.1 Å². The molecule has 0 saturated carbocycles. The van der Waals surface area contributed by atoms with Crippen molar-refractivity contribution in [3.05, 3.63) is 64.7 Å². The maximum atomic E-state index is 13.4. The van der Waals surface area contributed by atoms with Gasteiger partial charge in [0.25, 0.3) is 11.8 Å². The number of hydrogen-bond acceptors (Lipinski definition) is 4. The lowest BCUT2D eigenvalue weighted by Crippen LogP contribution is -2.44. The van der Waals surface area contributed by atoms with Gasteiger partial charge in [-0.25, -0.2) is 4.79 Å². The normalized spacial score (nSPS) is 11.7. The highest BCUT2D eigenvalue weighted by atomic mass is 16.6. The van der Waals surface area contributed by atoms with E-state index in [9.17, 15) is 14.4 Å². The van der Waals surface area contributed by atoms with Crippen LogP contribution in [0, 0.1) is 33.2 Å². The minimum atomic E-state index is -1.10. The number of anilines is 1. The van der Waals surface area contributed by atoms with E-state index in [2.05, 4.69) is 16.7 Å². The maximum absolute atomic E-state index is 13.4. The van der Waals surface area contributed by atoms with E-state index in [-0.39, 0.29) is 0 Å². The Bertz CT molecular complexity index is 1060. The highest BCUT2D eigenvalue weighted by Gasteiger charge is 2.32. The van der Waals surface area contributed by atoms with Crippen LogP contribution < -0.4 is 10.6 Å². The molecule has 0 fully saturated rings. The number of alkyl carbamates (subject to hydrolysis) is 1. The van der Waals surface area contributed by atoms with Gasteiger partial charge in [0.15, 0.2) is 0 Å². The predicted molar refractivity (Wildman–Crippen MR) is 128 cm³/mol. The van der Waals surface area contributed by atoms with E-state index in [1.54, 1.807) is 26.8 Å². The molecular weight excluding hydrogens is 418 g/mol. The molecule has 7 nitrogen and oxygen atoms in total. The number of para-hydroxylation sites is 1. The van der Waals surface area contributed by atoms with Crippen molar-refractivity contribution in [2.75, 3.05) is 11.9 Å². The molecule has 0 aliphatic rings. The molecule has 174 valence electrons. The highest BCUT2D eigenvalue weighted by molar-refractivity contribution is 5.99. The Labute approximate surface area is 195 Å². The summed E-state index contributed by atoms with van der Waals surface area (Å²) in [5.41, 5.74) is 3.20. The minimum absolute atomic E-state index is 0.419. The number of nitrogens with zero attached hydrogens (tertiary/aromatic N) is 1. The number of terminal acetylenes is 1. The lowest BCUT2D eigenvalue weighted by molar-refractivity contribution is -0.134. The Morgan fingerprint density at radius 3 is 2.21 bits per heavy atom. The molecule has 0 aromatic heterocycles. The Morgan fingerprint density at radius 2 is 1.67 bits per heavy atom. The molecular formula is C26H31N3O4. The molecule has 1 atom stereocenters. The van der Waals surface area contributed by atoms with Crippen LogP contribution in [0.5, 0.6) is 0 Å². The number of amides is 3. The molecule has 2 aromatic rings. The van der Waals surface area contributed by atoms with Gasteiger partial charge < -0.3 is 15.4 Å². The van der Waals surface area contributed by atoms with Crippen LogP contribution in [0.25, 0.3) is 0 Å². The van der Waals surface area contributed by atoms with E-state index in [1.165, 1.54) is 0 Å². The summed E-state index contributed by atoms with van der Waals surface area (Å²) in [5.74, 6) is -1.08. The fraction of sp³-hybridized carbons (Fsp3) is 0.346. The molecule has 0 spiro atoms. The fourth-order valence-electron chi connectivity index (χ4n) is 3.34. The zero-order chi connectivity index (χ0) is 24.8. The van der Waals surface area contributed by atoms with Gasteiger partial charge in [-0.05, 0) is 58.7 Å². The molecule has 0 aliphatic heterocycles. The first kappa shape index (κ1) is 25.5. The second-order valence-corrected chi connectivity index (χ2v) is 8.88. The average Bonchev–Trinajstić information content (AvgIpc) is 2.69. The van der Waals surface area contributed by atoms with Crippen molar-refractivity contribution < 1.29 is 19.1 Å². The maximum Gasteiger partial charge on any atom is 0.408 e. The monoisotopic (exact) mass is 449 g/mol. The van der Waals surface area contributed by atoms with Crippen molar-refractivity contribution in [2.45, 2.75) is 53.2 Å². The van der Waals surface area contributed by atoms with E-state index in [4.69, 9.17) is 11.2 Å². The molecule has 0 aliphatic carbocycles. The molecule has 0 bridgehead atoms. The van der Waals surface area contributed by atoms with E-state index in [0.717, 1.165) is 21.6 Å². The summed E-state index contributed by atoms with van der Waals surface area (Å²) in [6.07, 6.45) is 4.94. The first-order valence-corrected chi connectivity index (χ1v) is 10.6. The molecule has 0 saturated heterocycles. The highest BCUT2D eigenvalue weighted by Crippen LogP contribution is 2.26. The van der Waals surface area contributed by atoms with Gasteiger partial charge in [-0.3, -0.25) is 14.5 Å². The van der Waals surface area contributed by atoms with Crippen molar-refractivity contribution >= 4 is 23.6 Å². The number of ether oxygens (including phenoxy) is 1. The van der Waals surface area contributed by atoms with Crippen LogP contribution in [0.3, 0.4) is 0 Å². The minimum Gasteiger partial charge on any atom is -0.444 e. The summed E-state index contributed by atoms with van der Waals surface area (Å²) < 4.78 is 5.17. The zero-order valence-electron chi connectivity index (χ0n) is 20.0. The fourth-order valence-corrected chi connectivity index (χ4v) is 3.34. The molecule has 7 heteroatoms. The predicted octanol–water partition coefficient (Wildman–Crippen LogP) is 4.24. The van der Waals surface area contributed by atoms with Crippen LogP contribution in [0.2, 0.25) is 0 Å². The van der Waals surface area contributed by atoms with Crippen LogP contribution in [-0.2, 0) is 14.3 Å². The molecule has 0 radical (unpaired) electrons.